The number of carbonyl (C=O) groups is 3. The molecule has 0 atom stereocenters. The molecular weight excluding hydrogens is 374 g/mol. The lowest BCUT2D eigenvalue weighted by Crippen LogP contribution is -2.44. The molecule has 0 fully saturated rings. The van der Waals surface area contributed by atoms with Gasteiger partial charge in [-0.05, 0) is 25.5 Å². The Morgan fingerprint density at radius 1 is 1.07 bits per heavy atom. The summed E-state index contributed by atoms with van der Waals surface area (Å²) < 4.78 is 11.9. The van der Waals surface area contributed by atoms with Gasteiger partial charge in [-0.15, -0.1) is 0 Å². The Morgan fingerprint density at radius 2 is 1.83 bits per heavy atom. The molecule has 29 heavy (non-hydrogen) atoms. The van der Waals surface area contributed by atoms with Crippen molar-refractivity contribution in [3.05, 3.63) is 24.0 Å². The van der Waals surface area contributed by atoms with Crippen LogP contribution in [0.5, 0.6) is 0 Å². The molecule has 0 N–H and O–H groups in total. The summed E-state index contributed by atoms with van der Waals surface area (Å²) in [6, 6.07) is 3.93. The molecule has 0 spiro atoms. The number of methoxy groups -OCH3 is 1. The van der Waals surface area contributed by atoms with Crippen molar-refractivity contribution in [2.45, 2.75) is 46.1 Å². The first kappa shape index (κ1) is 24.7. The Morgan fingerprint density at radius 3 is 2.41 bits per heavy atom. The minimum absolute atomic E-state index is 0.00719. The second-order valence-corrected chi connectivity index (χ2v) is 6.89. The molecule has 0 aromatic carbocycles. The van der Waals surface area contributed by atoms with E-state index in [4.69, 9.17) is 9.47 Å². The van der Waals surface area contributed by atoms with Gasteiger partial charge in [-0.2, -0.15) is 0 Å². The van der Waals surface area contributed by atoms with Crippen molar-refractivity contribution >= 4 is 17.8 Å². The van der Waals surface area contributed by atoms with Crippen LogP contribution in [0.3, 0.4) is 0 Å². The molecule has 1 heterocycles. The van der Waals surface area contributed by atoms with Crippen LogP contribution in [0.2, 0.25) is 0 Å². The van der Waals surface area contributed by atoms with Crippen LogP contribution in [0.1, 0.15) is 45.2 Å². The molecule has 8 heteroatoms. The van der Waals surface area contributed by atoms with E-state index < -0.39 is 5.97 Å². The number of hydrogen-bond acceptors (Lipinski definition) is 5. The fraction of sp³-hybridized carbons (Fsp3) is 0.667. The van der Waals surface area contributed by atoms with E-state index in [0.717, 1.165) is 18.5 Å². The third-order valence-electron chi connectivity index (χ3n) is 4.63. The minimum atomic E-state index is -0.410. The molecule has 1 aromatic heterocycles. The van der Waals surface area contributed by atoms with Crippen LogP contribution in [0.15, 0.2) is 18.3 Å². The van der Waals surface area contributed by atoms with Crippen LogP contribution in [0.4, 0.5) is 0 Å². The SMILES string of the molecule is CCCCN(Cc1cccn1C)C(=O)CN(CCOC)C(=O)CCC(=O)OCC. The molecule has 1 aromatic rings. The zero-order valence-electron chi connectivity index (χ0n) is 18.2. The van der Waals surface area contributed by atoms with E-state index in [-0.39, 0.29) is 37.8 Å². The van der Waals surface area contributed by atoms with Crippen molar-refractivity contribution in [3.63, 3.8) is 0 Å². The second-order valence-electron chi connectivity index (χ2n) is 6.89. The number of hydrogen-bond donors (Lipinski definition) is 0. The molecule has 0 bridgehead atoms. The molecule has 2 amide bonds. The number of aryl methyl sites for hydroxylation is 1. The smallest absolute Gasteiger partial charge is 0.306 e. The number of rotatable bonds is 14. The van der Waals surface area contributed by atoms with Crippen LogP contribution in [-0.2, 0) is 37.4 Å². The summed E-state index contributed by atoms with van der Waals surface area (Å²) in [7, 11) is 3.49. The Bertz CT molecular complexity index is 644. The van der Waals surface area contributed by atoms with E-state index in [2.05, 4.69) is 6.92 Å². The predicted molar refractivity (Wildman–Crippen MR) is 110 cm³/mol. The van der Waals surface area contributed by atoms with E-state index >= 15 is 0 Å². The molecule has 1 rings (SSSR count). The van der Waals surface area contributed by atoms with Crippen molar-refractivity contribution in [2.24, 2.45) is 7.05 Å². The average molecular weight is 410 g/mol. The van der Waals surface area contributed by atoms with Gasteiger partial charge >= 0.3 is 5.97 Å². The van der Waals surface area contributed by atoms with Crippen LogP contribution >= 0.6 is 0 Å². The Hall–Kier alpha value is -2.35. The maximum Gasteiger partial charge on any atom is 0.306 e. The summed E-state index contributed by atoms with van der Waals surface area (Å²) in [5, 5.41) is 0. The molecule has 0 saturated heterocycles. The summed E-state index contributed by atoms with van der Waals surface area (Å²) in [5.74, 6) is -0.773. The van der Waals surface area contributed by atoms with Crippen LogP contribution < -0.4 is 0 Å². The van der Waals surface area contributed by atoms with Gasteiger partial charge in [0.2, 0.25) is 11.8 Å². The molecule has 0 aliphatic rings. The summed E-state index contributed by atoms with van der Waals surface area (Å²) >= 11 is 0. The van der Waals surface area contributed by atoms with Crippen LogP contribution in [0, 0.1) is 0 Å². The number of nitrogens with zero attached hydrogens (tertiary/aromatic N) is 3. The first-order valence-corrected chi connectivity index (χ1v) is 10.2. The van der Waals surface area contributed by atoms with E-state index in [1.165, 1.54) is 4.90 Å². The number of amides is 2. The number of aromatic nitrogens is 1. The minimum Gasteiger partial charge on any atom is -0.466 e. The van der Waals surface area contributed by atoms with Gasteiger partial charge in [0.1, 0.15) is 0 Å². The predicted octanol–water partition coefficient (Wildman–Crippen LogP) is 1.97. The highest BCUT2D eigenvalue weighted by Gasteiger charge is 2.22. The lowest BCUT2D eigenvalue weighted by molar-refractivity contribution is -0.146. The van der Waals surface area contributed by atoms with E-state index in [0.29, 0.717) is 26.2 Å². The molecular formula is C21H35N3O5. The second kappa shape index (κ2) is 13.8. The average Bonchev–Trinajstić information content (AvgIpc) is 3.10. The molecule has 164 valence electrons. The van der Waals surface area contributed by atoms with Crippen molar-refractivity contribution in [1.82, 2.24) is 14.4 Å². The van der Waals surface area contributed by atoms with E-state index in [9.17, 15) is 14.4 Å². The summed E-state index contributed by atoms with van der Waals surface area (Å²) in [4.78, 5) is 40.4. The van der Waals surface area contributed by atoms with Crippen molar-refractivity contribution in [3.8, 4) is 0 Å². The highest BCUT2D eigenvalue weighted by molar-refractivity contribution is 5.86. The van der Waals surface area contributed by atoms with Gasteiger partial charge in [-0.25, -0.2) is 0 Å². The maximum absolute atomic E-state index is 13.0. The third-order valence-corrected chi connectivity index (χ3v) is 4.63. The standard InChI is InChI=1S/C21H35N3O5/c1-5-7-13-23(16-18-9-8-12-22(18)3)20(26)17-24(14-15-28-4)19(25)10-11-21(27)29-6-2/h8-9,12H,5-7,10-11,13-17H2,1-4H3. The lowest BCUT2D eigenvalue weighted by Gasteiger charge is -2.28. The van der Waals surface area contributed by atoms with E-state index in [1.54, 1.807) is 18.9 Å². The third kappa shape index (κ3) is 9.13. The highest BCUT2D eigenvalue weighted by atomic mass is 16.5. The normalized spacial score (nSPS) is 10.6. The largest absolute Gasteiger partial charge is 0.466 e. The number of carbonyl (C=O) groups excluding carboxylic acids is 3. The highest BCUT2D eigenvalue weighted by Crippen LogP contribution is 2.09. The quantitative estimate of drug-likeness (QED) is 0.439. The first-order valence-electron chi connectivity index (χ1n) is 10.2. The molecule has 0 aliphatic carbocycles. The summed E-state index contributed by atoms with van der Waals surface area (Å²) in [5.41, 5.74) is 1.03. The van der Waals surface area contributed by atoms with Gasteiger partial charge in [-0.3, -0.25) is 14.4 Å². The van der Waals surface area contributed by atoms with E-state index in [1.807, 2.05) is 29.9 Å². The Balaban J connectivity index is 2.78. The van der Waals surface area contributed by atoms with Gasteiger partial charge in [-0.1, -0.05) is 13.3 Å². The van der Waals surface area contributed by atoms with Crippen molar-refractivity contribution in [2.75, 3.05) is 40.0 Å². The Kier molecular flexibility index (Phi) is 11.7. The maximum atomic E-state index is 13.0. The van der Waals surface area contributed by atoms with Gasteiger partial charge < -0.3 is 23.8 Å². The van der Waals surface area contributed by atoms with Gasteiger partial charge in [0.25, 0.3) is 0 Å². The monoisotopic (exact) mass is 409 g/mol. The molecule has 0 radical (unpaired) electrons. The van der Waals surface area contributed by atoms with Crippen molar-refractivity contribution < 1.29 is 23.9 Å². The van der Waals surface area contributed by atoms with Gasteiger partial charge in [0, 0.05) is 45.6 Å². The first-order chi connectivity index (χ1) is 13.9. The fourth-order valence-corrected chi connectivity index (χ4v) is 2.85. The Labute approximate surface area is 173 Å². The van der Waals surface area contributed by atoms with Gasteiger partial charge in [0.05, 0.1) is 32.7 Å². The zero-order valence-corrected chi connectivity index (χ0v) is 18.2. The molecule has 0 unspecified atom stereocenters. The molecule has 8 nitrogen and oxygen atoms in total. The zero-order chi connectivity index (χ0) is 21.6. The van der Waals surface area contributed by atoms with Crippen LogP contribution in [0.25, 0.3) is 0 Å². The number of ether oxygens (including phenoxy) is 2. The lowest BCUT2D eigenvalue weighted by atomic mass is 10.2. The number of unbranched alkanes of at least 4 members (excludes halogenated alkanes) is 1. The van der Waals surface area contributed by atoms with Crippen molar-refractivity contribution in [1.29, 1.82) is 0 Å². The molecule has 0 saturated carbocycles. The molecule has 0 aliphatic heterocycles. The summed E-state index contributed by atoms with van der Waals surface area (Å²) in [6.45, 7) is 5.81. The number of esters is 1. The van der Waals surface area contributed by atoms with Gasteiger partial charge in [0.15, 0.2) is 0 Å². The topological polar surface area (TPSA) is 81.1 Å². The summed E-state index contributed by atoms with van der Waals surface area (Å²) in [6.07, 6.45) is 3.84. The fourth-order valence-electron chi connectivity index (χ4n) is 2.85. The van der Waals surface area contributed by atoms with Crippen LogP contribution in [-0.4, -0.2) is 72.1 Å².